The molecule has 8 heteroatoms. The van der Waals surface area contributed by atoms with Gasteiger partial charge >= 0.3 is 0 Å². The Balaban J connectivity index is 1.67. The SMILES string of the molecule is CCc1cc(NC(C)c2nnc3n2CCCC3)n2ncnc2n1. The Morgan fingerprint density at radius 2 is 2.22 bits per heavy atom. The summed E-state index contributed by atoms with van der Waals surface area (Å²) in [5.74, 6) is 3.56. The van der Waals surface area contributed by atoms with Gasteiger partial charge in [0.2, 0.25) is 0 Å². The van der Waals surface area contributed by atoms with Gasteiger partial charge in [-0.15, -0.1) is 10.2 Å². The molecule has 8 nitrogen and oxygen atoms in total. The molecular weight excluding hydrogens is 292 g/mol. The zero-order chi connectivity index (χ0) is 15.8. The van der Waals surface area contributed by atoms with Crippen LogP contribution in [0.4, 0.5) is 5.82 Å². The third kappa shape index (κ3) is 2.43. The second-order valence-corrected chi connectivity index (χ2v) is 5.91. The number of hydrogen-bond donors (Lipinski definition) is 1. The molecule has 3 aromatic heterocycles. The van der Waals surface area contributed by atoms with Gasteiger partial charge < -0.3 is 9.88 Å². The molecule has 3 aromatic rings. The second kappa shape index (κ2) is 5.60. The van der Waals surface area contributed by atoms with Crippen LogP contribution in [0.25, 0.3) is 5.78 Å². The monoisotopic (exact) mass is 312 g/mol. The molecule has 1 N–H and O–H groups in total. The quantitative estimate of drug-likeness (QED) is 0.790. The van der Waals surface area contributed by atoms with Gasteiger partial charge in [-0.05, 0) is 26.2 Å². The summed E-state index contributed by atoms with van der Waals surface area (Å²) in [4.78, 5) is 8.67. The molecule has 0 aliphatic carbocycles. The van der Waals surface area contributed by atoms with E-state index in [1.165, 1.54) is 19.2 Å². The summed E-state index contributed by atoms with van der Waals surface area (Å²) >= 11 is 0. The Morgan fingerprint density at radius 1 is 1.30 bits per heavy atom. The van der Waals surface area contributed by atoms with Crippen molar-refractivity contribution >= 4 is 11.6 Å². The van der Waals surface area contributed by atoms with Crippen LogP contribution in [0.3, 0.4) is 0 Å². The van der Waals surface area contributed by atoms with Crippen LogP contribution in [0.2, 0.25) is 0 Å². The van der Waals surface area contributed by atoms with E-state index in [9.17, 15) is 0 Å². The van der Waals surface area contributed by atoms with Crippen LogP contribution in [0.15, 0.2) is 12.4 Å². The molecule has 23 heavy (non-hydrogen) atoms. The summed E-state index contributed by atoms with van der Waals surface area (Å²) < 4.78 is 3.96. The maximum absolute atomic E-state index is 4.47. The summed E-state index contributed by atoms with van der Waals surface area (Å²) in [6.07, 6.45) is 5.78. The van der Waals surface area contributed by atoms with Crippen molar-refractivity contribution in [3.63, 3.8) is 0 Å². The van der Waals surface area contributed by atoms with Crippen molar-refractivity contribution in [1.82, 2.24) is 34.3 Å². The Labute approximate surface area is 134 Å². The summed E-state index contributed by atoms with van der Waals surface area (Å²) in [6.45, 7) is 5.18. The number of hydrogen-bond acceptors (Lipinski definition) is 6. The van der Waals surface area contributed by atoms with Gasteiger partial charge in [-0.1, -0.05) is 6.92 Å². The fraction of sp³-hybridized carbons (Fsp3) is 0.533. The van der Waals surface area contributed by atoms with E-state index >= 15 is 0 Å². The number of nitrogens with one attached hydrogen (secondary N) is 1. The number of aromatic nitrogens is 7. The Bertz CT molecular complexity index is 833. The van der Waals surface area contributed by atoms with Crippen LogP contribution in [-0.2, 0) is 19.4 Å². The third-order valence-electron chi connectivity index (χ3n) is 4.31. The summed E-state index contributed by atoms with van der Waals surface area (Å²) in [6, 6.07) is 2.06. The molecule has 1 unspecified atom stereocenters. The molecule has 0 amide bonds. The van der Waals surface area contributed by atoms with Gasteiger partial charge in [0.05, 0.1) is 6.04 Å². The first-order valence-corrected chi connectivity index (χ1v) is 8.14. The smallest absolute Gasteiger partial charge is 0.254 e. The highest BCUT2D eigenvalue weighted by atomic mass is 15.4. The van der Waals surface area contributed by atoms with Gasteiger partial charge in [-0.3, -0.25) is 0 Å². The molecule has 0 radical (unpaired) electrons. The maximum atomic E-state index is 4.47. The van der Waals surface area contributed by atoms with Crippen molar-refractivity contribution in [2.24, 2.45) is 0 Å². The van der Waals surface area contributed by atoms with Crippen LogP contribution >= 0.6 is 0 Å². The van der Waals surface area contributed by atoms with Gasteiger partial charge in [0.25, 0.3) is 5.78 Å². The van der Waals surface area contributed by atoms with Crippen molar-refractivity contribution in [3.05, 3.63) is 29.7 Å². The van der Waals surface area contributed by atoms with E-state index in [1.54, 1.807) is 4.52 Å². The predicted octanol–water partition coefficient (Wildman–Crippen LogP) is 1.79. The zero-order valence-electron chi connectivity index (χ0n) is 13.4. The van der Waals surface area contributed by atoms with Crippen molar-refractivity contribution < 1.29 is 0 Å². The first kappa shape index (κ1) is 14.1. The lowest BCUT2D eigenvalue weighted by atomic mass is 10.1. The normalized spacial score (nSPS) is 15.6. The molecule has 0 saturated carbocycles. The molecule has 1 atom stereocenters. The lowest BCUT2D eigenvalue weighted by Crippen LogP contribution is -2.19. The highest BCUT2D eigenvalue weighted by molar-refractivity contribution is 5.46. The Hall–Kier alpha value is -2.51. The van der Waals surface area contributed by atoms with Crippen molar-refractivity contribution in [2.45, 2.75) is 52.1 Å². The fourth-order valence-electron chi connectivity index (χ4n) is 3.08. The highest BCUT2D eigenvalue weighted by Gasteiger charge is 2.21. The minimum Gasteiger partial charge on any atom is -0.360 e. The summed E-state index contributed by atoms with van der Waals surface area (Å²) in [5.41, 5.74) is 0.989. The second-order valence-electron chi connectivity index (χ2n) is 5.91. The van der Waals surface area contributed by atoms with Crippen LogP contribution < -0.4 is 5.32 Å². The number of anilines is 1. The van der Waals surface area contributed by atoms with E-state index in [4.69, 9.17) is 0 Å². The van der Waals surface area contributed by atoms with Gasteiger partial charge in [-0.2, -0.15) is 14.6 Å². The summed E-state index contributed by atoms with van der Waals surface area (Å²) in [5, 5.41) is 16.5. The van der Waals surface area contributed by atoms with Crippen LogP contribution in [0.5, 0.6) is 0 Å². The van der Waals surface area contributed by atoms with Crippen LogP contribution in [0, 0.1) is 0 Å². The van der Waals surface area contributed by atoms with Crippen LogP contribution in [0.1, 0.15) is 50.1 Å². The van der Waals surface area contributed by atoms with Crippen molar-refractivity contribution in [3.8, 4) is 0 Å². The van der Waals surface area contributed by atoms with Gasteiger partial charge in [0, 0.05) is 24.7 Å². The molecule has 0 bridgehead atoms. The average molecular weight is 312 g/mol. The average Bonchev–Trinajstić information content (AvgIpc) is 3.21. The van der Waals surface area contributed by atoms with Crippen molar-refractivity contribution in [1.29, 1.82) is 0 Å². The Kier molecular flexibility index (Phi) is 3.44. The molecule has 0 aromatic carbocycles. The zero-order valence-corrected chi connectivity index (χ0v) is 13.4. The van der Waals surface area contributed by atoms with Crippen molar-refractivity contribution in [2.75, 3.05) is 5.32 Å². The minimum atomic E-state index is 0.0360. The van der Waals surface area contributed by atoms with Crippen LogP contribution in [-0.4, -0.2) is 34.3 Å². The van der Waals surface area contributed by atoms with E-state index in [0.717, 1.165) is 42.5 Å². The molecule has 0 fully saturated rings. The van der Waals surface area contributed by atoms with Gasteiger partial charge in [0.15, 0.2) is 5.82 Å². The molecule has 0 spiro atoms. The standard InChI is InChI=1S/C15H20N8/c1-3-11-8-13(23-15(19-11)16-9-17-23)18-10(2)14-21-20-12-6-4-5-7-22(12)14/h8-10,18H,3-7H2,1-2H3. The molecular formula is C15H20N8. The predicted molar refractivity (Wildman–Crippen MR) is 85.2 cm³/mol. The first-order chi connectivity index (χ1) is 11.3. The number of rotatable bonds is 4. The fourth-order valence-corrected chi connectivity index (χ4v) is 3.08. The molecule has 120 valence electrons. The molecule has 0 saturated heterocycles. The van der Waals surface area contributed by atoms with E-state index in [-0.39, 0.29) is 6.04 Å². The largest absolute Gasteiger partial charge is 0.360 e. The number of nitrogens with zero attached hydrogens (tertiary/aromatic N) is 7. The third-order valence-corrected chi connectivity index (χ3v) is 4.31. The lowest BCUT2D eigenvalue weighted by Gasteiger charge is -2.19. The number of aryl methyl sites for hydroxylation is 2. The highest BCUT2D eigenvalue weighted by Crippen LogP contribution is 2.22. The van der Waals surface area contributed by atoms with Gasteiger partial charge in [-0.25, -0.2) is 4.98 Å². The minimum absolute atomic E-state index is 0.0360. The summed E-state index contributed by atoms with van der Waals surface area (Å²) in [7, 11) is 0. The van der Waals surface area contributed by atoms with E-state index in [1.807, 2.05) is 6.07 Å². The molecule has 4 rings (SSSR count). The number of fused-ring (bicyclic) bond motifs is 2. The van der Waals surface area contributed by atoms with E-state index in [0.29, 0.717) is 5.78 Å². The van der Waals surface area contributed by atoms with E-state index < -0.39 is 0 Å². The topological polar surface area (TPSA) is 85.8 Å². The maximum Gasteiger partial charge on any atom is 0.254 e. The first-order valence-electron chi connectivity index (χ1n) is 8.14. The molecule has 1 aliphatic rings. The van der Waals surface area contributed by atoms with E-state index in [2.05, 4.69) is 49.0 Å². The van der Waals surface area contributed by atoms with Gasteiger partial charge in [0.1, 0.15) is 18.0 Å². The Morgan fingerprint density at radius 3 is 3.09 bits per heavy atom. The molecule has 4 heterocycles. The molecule has 1 aliphatic heterocycles. The lowest BCUT2D eigenvalue weighted by molar-refractivity contribution is 0.500.